The smallest absolute Gasteiger partial charge is 0.236 e. The summed E-state index contributed by atoms with van der Waals surface area (Å²) in [5, 5.41) is 2.89. The van der Waals surface area contributed by atoms with E-state index in [1.807, 2.05) is 12.1 Å². The van der Waals surface area contributed by atoms with Crippen LogP contribution in [0.5, 0.6) is 0 Å². The van der Waals surface area contributed by atoms with E-state index in [1.54, 1.807) is 6.07 Å². The number of benzene rings is 1. The predicted octanol–water partition coefficient (Wildman–Crippen LogP) is 0.614. The number of hydrogen-bond acceptors (Lipinski definition) is 3. The van der Waals surface area contributed by atoms with E-state index in [2.05, 4.69) is 33.2 Å². The third-order valence-electron chi connectivity index (χ3n) is 1.66. The number of halogens is 1. The number of carbonyl (C=O) groups excluding carboxylic acids is 1. The van der Waals surface area contributed by atoms with E-state index in [9.17, 15) is 4.79 Å². The number of para-hydroxylation sites is 1. The maximum absolute atomic E-state index is 10.6. The highest BCUT2D eigenvalue weighted by atomic mass is 79.9. The van der Waals surface area contributed by atoms with Gasteiger partial charge in [-0.05, 0) is 34.0 Å². The molecule has 0 aromatic heterocycles. The van der Waals surface area contributed by atoms with E-state index in [0.717, 1.165) is 4.47 Å². The standard InChI is InChI=1S/C10H10BrN3O/c11-8-3-1-2-7(4-5-12)10(8)14-6-9(13)15/h1-3,14H,6,12H2,(H2,13,15). The van der Waals surface area contributed by atoms with Crippen LogP contribution in [0.1, 0.15) is 5.56 Å². The van der Waals surface area contributed by atoms with Crippen LogP contribution in [-0.2, 0) is 4.79 Å². The Labute approximate surface area is 96.1 Å². The summed E-state index contributed by atoms with van der Waals surface area (Å²) < 4.78 is 0.809. The fourth-order valence-corrected chi connectivity index (χ4v) is 1.57. The van der Waals surface area contributed by atoms with Gasteiger partial charge in [-0.1, -0.05) is 6.07 Å². The predicted molar refractivity (Wildman–Crippen MR) is 62.9 cm³/mol. The van der Waals surface area contributed by atoms with Gasteiger partial charge in [0.1, 0.15) is 0 Å². The summed E-state index contributed by atoms with van der Waals surface area (Å²) in [6.07, 6.45) is 0. The van der Waals surface area contributed by atoms with Crippen molar-refractivity contribution in [1.82, 2.24) is 0 Å². The monoisotopic (exact) mass is 267 g/mol. The van der Waals surface area contributed by atoms with Gasteiger partial charge in [0.15, 0.2) is 0 Å². The topological polar surface area (TPSA) is 81.1 Å². The third-order valence-corrected chi connectivity index (χ3v) is 2.32. The molecule has 0 aliphatic rings. The molecule has 0 saturated heterocycles. The Morgan fingerprint density at radius 3 is 2.87 bits per heavy atom. The van der Waals surface area contributed by atoms with Gasteiger partial charge >= 0.3 is 0 Å². The van der Waals surface area contributed by atoms with Crippen molar-refractivity contribution < 1.29 is 4.79 Å². The molecule has 0 aliphatic carbocycles. The van der Waals surface area contributed by atoms with Crippen LogP contribution in [0, 0.1) is 12.0 Å². The van der Waals surface area contributed by atoms with Gasteiger partial charge in [-0.3, -0.25) is 4.79 Å². The third kappa shape index (κ3) is 3.18. The molecule has 1 rings (SSSR count). The lowest BCUT2D eigenvalue weighted by molar-refractivity contribution is -0.116. The first kappa shape index (κ1) is 11.4. The van der Waals surface area contributed by atoms with Crippen molar-refractivity contribution in [2.75, 3.05) is 11.9 Å². The molecule has 5 heteroatoms. The van der Waals surface area contributed by atoms with Gasteiger partial charge in [-0.25, -0.2) is 0 Å². The van der Waals surface area contributed by atoms with Crippen LogP contribution in [0.3, 0.4) is 0 Å². The highest BCUT2D eigenvalue weighted by molar-refractivity contribution is 9.10. The highest BCUT2D eigenvalue weighted by Gasteiger charge is 2.05. The molecule has 0 spiro atoms. The summed E-state index contributed by atoms with van der Waals surface area (Å²) in [4.78, 5) is 10.6. The van der Waals surface area contributed by atoms with Gasteiger partial charge < -0.3 is 16.8 Å². The molecule has 0 heterocycles. The first-order valence-electron chi connectivity index (χ1n) is 4.17. The molecule has 15 heavy (non-hydrogen) atoms. The summed E-state index contributed by atoms with van der Waals surface area (Å²) >= 11 is 3.34. The Balaban J connectivity index is 3.00. The number of nitrogens with two attached hydrogens (primary N) is 2. The SMILES string of the molecule is NC#Cc1cccc(Br)c1NCC(N)=O. The second kappa shape index (κ2) is 5.27. The molecule has 1 aromatic rings. The van der Waals surface area contributed by atoms with Crippen molar-refractivity contribution in [2.24, 2.45) is 11.5 Å². The Morgan fingerprint density at radius 1 is 1.53 bits per heavy atom. The summed E-state index contributed by atoms with van der Waals surface area (Å²) in [5.41, 5.74) is 11.6. The van der Waals surface area contributed by atoms with Crippen LogP contribution in [-0.4, -0.2) is 12.5 Å². The summed E-state index contributed by atoms with van der Waals surface area (Å²) in [6.45, 7) is 0.0574. The fourth-order valence-electron chi connectivity index (χ4n) is 1.06. The molecular weight excluding hydrogens is 258 g/mol. The van der Waals surface area contributed by atoms with Crippen LogP contribution in [0.2, 0.25) is 0 Å². The average Bonchev–Trinajstić information content (AvgIpc) is 2.17. The molecule has 1 aromatic carbocycles. The minimum absolute atomic E-state index is 0.0574. The highest BCUT2D eigenvalue weighted by Crippen LogP contribution is 2.25. The average molecular weight is 268 g/mol. The number of carbonyl (C=O) groups is 1. The molecule has 0 bridgehead atoms. The van der Waals surface area contributed by atoms with Crippen LogP contribution in [0.25, 0.3) is 0 Å². The quantitative estimate of drug-likeness (QED) is 0.555. The van der Waals surface area contributed by atoms with Crippen molar-refractivity contribution in [1.29, 1.82) is 0 Å². The molecule has 0 fully saturated rings. The number of nitrogens with one attached hydrogen (secondary N) is 1. The summed E-state index contributed by atoms with van der Waals surface area (Å²) in [6, 6.07) is 7.78. The number of rotatable bonds is 3. The normalized spacial score (nSPS) is 8.87. The first-order valence-corrected chi connectivity index (χ1v) is 4.96. The molecule has 0 atom stereocenters. The molecule has 1 amide bonds. The zero-order valence-electron chi connectivity index (χ0n) is 7.88. The van der Waals surface area contributed by atoms with Crippen LogP contribution >= 0.6 is 15.9 Å². The molecule has 5 N–H and O–H groups in total. The second-order valence-electron chi connectivity index (χ2n) is 2.75. The Kier molecular flexibility index (Phi) is 4.01. The van der Waals surface area contributed by atoms with E-state index in [0.29, 0.717) is 11.3 Å². The lowest BCUT2D eigenvalue weighted by Crippen LogP contribution is -2.22. The van der Waals surface area contributed by atoms with Crippen LogP contribution < -0.4 is 16.8 Å². The zero-order chi connectivity index (χ0) is 11.3. The van der Waals surface area contributed by atoms with E-state index in [4.69, 9.17) is 11.5 Å². The molecular formula is C10H10BrN3O. The number of anilines is 1. The zero-order valence-corrected chi connectivity index (χ0v) is 9.47. The molecule has 4 nitrogen and oxygen atoms in total. The Hall–Kier alpha value is -1.67. The van der Waals surface area contributed by atoms with Crippen molar-refractivity contribution in [3.63, 3.8) is 0 Å². The lowest BCUT2D eigenvalue weighted by Gasteiger charge is -2.08. The minimum atomic E-state index is -0.433. The number of primary amides is 1. The van der Waals surface area contributed by atoms with Gasteiger partial charge in [-0.2, -0.15) is 0 Å². The maximum atomic E-state index is 10.6. The van der Waals surface area contributed by atoms with Crippen molar-refractivity contribution in [3.8, 4) is 12.0 Å². The van der Waals surface area contributed by atoms with Crippen molar-refractivity contribution in [2.45, 2.75) is 0 Å². The Bertz CT molecular complexity index is 434. The minimum Gasteiger partial charge on any atom is -0.374 e. The number of hydrogen-bond donors (Lipinski definition) is 3. The van der Waals surface area contributed by atoms with Gasteiger partial charge in [0.25, 0.3) is 0 Å². The van der Waals surface area contributed by atoms with Crippen molar-refractivity contribution >= 4 is 27.5 Å². The maximum Gasteiger partial charge on any atom is 0.236 e. The first-order chi connectivity index (χ1) is 7.15. The van der Waals surface area contributed by atoms with E-state index in [1.165, 1.54) is 0 Å². The molecule has 0 saturated carbocycles. The summed E-state index contributed by atoms with van der Waals surface area (Å²) in [7, 11) is 0. The van der Waals surface area contributed by atoms with Gasteiger partial charge in [0.2, 0.25) is 5.91 Å². The number of amides is 1. The van der Waals surface area contributed by atoms with E-state index >= 15 is 0 Å². The van der Waals surface area contributed by atoms with E-state index < -0.39 is 5.91 Å². The van der Waals surface area contributed by atoms with Gasteiger partial charge in [0, 0.05) is 10.5 Å². The largest absolute Gasteiger partial charge is 0.374 e. The second-order valence-corrected chi connectivity index (χ2v) is 3.61. The molecule has 0 radical (unpaired) electrons. The molecule has 0 unspecified atom stereocenters. The molecule has 0 aliphatic heterocycles. The van der Waals surface area contributed by atoms with Gasteiger partial charge in [0.05, 0.1) is 17.8 Å². The fraction of sp³-hybridized carbons (Fsp3) is 0.100. The van der Waals surface area contributed by atoms with E-state index in [-0.39, 0.29) is 6.54 Å². The lowest BCUT2D eigenvalue weighted by atomic mass is 10.2. The summed E-state index contributed by atoms with van der Waals surface area (Å²) in [5.74, 6) is 2.29. The molecule has 78 valence electrons. The van der Waals surface area contributed by atoms with Gasteiger partial charge in [-0.15, -0.1) is 0 Å². The van der Waals surface area contributed by atoms with Crippen LogP contribution in [0.15, 0.2) is 22.7 Å². The van der Waals surface area contributed by atoms with Crippen LogP contribution in [0.4, 0.5) is 5.69 Å². The Morgan fingerprint density at radius 2 is 2.27 bits per heavy atom. The van der Waals surface area contributed by atoms with Crippen molar-refractivity contribution in [3.05, 3.63) is 28.2 Å².